The van der Waals surface area contributed by atoms with Crippen LogP contribution in [0.2, 0.25) is 0 Å². The lowest BCUT2D eigenvalue weighted by Gasteiger charge is -2.28. The monoisotopic (exact) mass is 241 g/mol. The van der Waals surface area contributed by atoms with Crippen LogP contribution in [0.3, 0.4) is 0 Å². The first-order valence-electron chi connectivity index (χ1n) is 7.06. The van der Waals surface area contributed by atoms with E-state index in [1.807, 2.05) is 0 Å². The van der Waals surface area contributed by atoms with E-state index >= 15 is 0 Å². The van der Waals surface area contributed by atoms with Crippen molar-refractivity contribution in [1.29, 1.82) is 0 Å². The van der Waals surface area contributed by atoms with Crippen molar-refractivity contribution in [2.75, 3.05) is 6.54 Å². The van der Waals surface area contributed by atoms with Gasteiger partial charge in [0.05, 0.1) is 12.6 Å². The summed E-state index contributed by atoms with van der Waals surface area (Å²) < 4.78 is 0. The number of nitrogens with one attached hydrogen (secondary N) is 1. The molecule has 0 aliphatic heterocycles. The van der Waals surface area contributed by atoms with Crippen LogP contribution in [0.1, 0.15) is 52.4 Å². The fourth-order valence-corrected chi connectivity index (χ4v) is 3.11. The lowest BCUT2D eigenvalue weighted by atomic mass is 9.80. The van der Waals surface area contributed by atoms with Crippen molar-refractivity contribution in [3.05, 3.63) is 0 Å². The maximum atomic E-state index is 10.2. The van der Waals surface area contributed by atoms with Crippen molar-refractivity contribution in [1.82, 2.24) is 5.32 Å². The molecule has 0 bridgehead atoms. The van der Waals surface area contributed by atoms with Gasteiger partial charge in [0.25, 0.3) is 0 Å². The first kappa shape index (κ1) is 14.7. The molecule has 3 nitrogen and oxygen atoms in total. The highest BCUT2D eigenvalue weighted by molar-refractivity contribution is 5.51. The van der Waals surface area contributed by atoms with Gasteiger partial charge in [0, 0.05) is 6.04 Å². The summed E-state index contributed by atoms with van der Waals surface area (Å²) in [7, 11) is 0. The highest BCUT2D eigenvalue weighted by Gasteiger charge is 2.37. The Kier molecular flexibility index (Phi) is 6.75. The number of aliphatic hydroxyl groups is 1. The molecule has 0 radical (unpaired) electrons. The predicted octanol–water partition coefficient (Wildman–Crippen LogP) is 2.13. The zero-order valence-electron chi connectivity index (χ0n) is 11.2. The highest BCUT2D eigenvalue weighted by atomic mass is 16.3. The van der Waals surface area contributed by atoms with Crippen LogP contribution in [0, 0.1) is 11.8 Å². The number of rotatable bonds is 3. The third-order valence-corrected chi connectivity index (χ3v) is 3.78. The number of hydrogen-bond acceptors (Lipinski definition) is 3. The lowest BCUT2D eigenvalue weighted by molar-refractivity contribution is -0.107. The molecular formula is C14H27NO2. The number of aldehydes is 1. The number of carbonyl (C=O) groups excluding carboxylic acids is 1. The Balaban J connectivity index is 0.000000437. The number of fused-ring (bicyclic) bond motifs is 1. The molecule has 0 aromatic heterocycles. The first-order chi connectivity index (χ1) is 8.21. The Bertz CT molecular complexity index is 220. The van der Waals surface area contributed by atoms with Crippen molar-refractivity contribution in [3.8, 4) is 0 Å². The molecule has 0 aromatic carbocycles. The minimum absolute atomic E-state index is 0.0685. The van der Waals surface area contributed by atoms with Gasteiger partial charge in [-0.15, -0.1) is 0 Å². The molecule has 0 saturated heterocycles. The molecule has 2 fully saturated rings. The molecule has 100 valence electrons. The van der Waals surface area contributed by atoms with E-state index in [0.29, 0.717) is 18.5 Å². The molecule has 2 N–H and O–H groups in total. The first-order valence-corrected chi connectivity index (χ1v) is 7.06. The number of hydrogen-bond donors (Lipinski definition) is 2. The molecule has 4 unspecified atom stereocenters. The summed E-state index contributed by atoms with van der Waals surface area (Å²) in [6.45, 7) is 4.73. The van der Waals surface area contributed by atoms with Crippen molar-refractivity contribution in [3.63, 3.8) is 0 Å². The number of aliphatic hydroxyl groups excluding tert-OH is 1. The second-order valence-corrected chi connectivity index (χ2v) is 5.44. The molecule has 2 saturated carbocycles. The Morgan fingerprint density at radius 2 is 1.82 bits per heavy atom. The maximum absolute atomic E-state index is 10.2. The second-order valence-electron chi connectivity index (χ2n) is 5.44. The van der Waals surface area contributed by atoms with Gasteiger partial charge in [-0.25, -0.2) is 0 Å². The topological polar surface area (TPSA) is 49.3 Å². The number of carbonyl (C=O) groups is 1. The zero-order valence-corrected chi connectivity index (χ0v) is 11.2. The lowest BCUT2D eigenvalue weighted by Crippen LogP contribution is -2.28. The van der Waals surface area contributed by atoms with Crippen LogP contribution in [0.5, 0.6) is 0 Å². The largest absolute Gasteiger partial charge is 0.393 e. The van der Waals surface area contributed by atoms with E-state index in [2.05, 4.69) is 19.2 Å². The van der Waals surface area contributed by atoms with Crippen LogP contribution in [-0.4, -0.2) is 30.1 Å². The SMILES string of the molecule is CCC.O=CCNC1CC2CCC(O)CC2C1. The third-order valence-electron chi connectivity index (χ3n) is 3.78. The van der Waals surface area contributed by atoms with E-state index < -0.39 is 0 Å². The van der Waals surface area contributed by atoms with Gasteiger partial charge in [0.15, 0.2) is 0 Å². The van der Waals surface area contributed by atoms with Gasteiger partial charge in [0.1, 0.15) is 6.29 Å². The third kappa shape index (κ3) is 4.76. The quantitative estimate of drug-likeness (QED) is 0.744. The molecule has 4 atom stereocenters. The van der Waals surface area contributed by atoms with Gasteiger partial charge >= 0.3 is 0 Å². The van der Waals surface area contributed by atoms with E-state index in [4.69, 9.17) is 0 Å². The van der Waals surface area contributed by atoms with Crippen LogP contribution >= 0.6 is 0 Å². The van der Waals surface area contributed by atoms with Gasteiger partial charge in [0.2, 0.25) is 0 Å². The average Bonchev–Trinajstić information content (AvgIpc) is 2.69. The summed E-state index contributed by atoms with van der Waals surface area (Å²) in [5.74, 6) is 1.49. The van der Waals surface area contributed by atoms with Crippen LogP contribution < -0.4 is 5.32 Å². The summed E-state index contributed by atoms with van der Waals surface area (Å²) in [6, 6.07) is 0.514. The van der Waals surface area contributed by atoms with Gasteiger partial charge in [-0.2, -0.15) is 0 Å². The summed E-state index contributed by atoms with van der Waals surface area (Å²) in [4.78, 5) is 10.2. The minimum atomic E-state index is -0.0685. The molecule has 0 heterocycles. The van der Waals surface area contributed by atoms with Gasteiger partial charge in [-0.3, -0.25) is 0 Å². The van der Waals surface area contributed by atoms with Gasteiger partial charge in [-0.1, -0.05) is 20.3 Å². The van der Waals surface area contributed by atoms with Gasteiger partial charge in [-0.05, 0) is 43.9 Å². The normalized spacial score (nSPS) is 35.7. The molecule has 0 amide bonds. The van der Waals surface area contributed by atoms with Gasteiger partial charge < -0.3 is 15.2 Å². The van der Waals surface area contributed by atoms with Crippen molar-refractivity contribution < 1.29 is 9.90 Å². The summed E-state index contributed by atoms with van der Waals surface area (Å²) in [5.41, 5.74) is 0. The van der Waals surface area contributed by atoms with Crippen molar-refractivity contribution in [2.24, 2.45) is 11.8 Å². The fraction of sp³-hybridized carbons (Fsp3) is 0.929. The van der Waals surface area contributed by atoms with Crippen LogP contribution in [0.15, 0.2) is 0 Å². The highest BCUT2D eigenvalue weighted by Crippen LogP contribution is 2.42. The standard InChI is InChI=1S/C11H19NO2.C3H8/c13-4-3-12-10-5-8-1-2-11(14)7-9(8)6-10;1-3-2/h4,8-12,14H,1-3,5-7H2;3H2,1-2H3. The van der Waals surface area contributed by atoms with Crippen molar-refractivity contribution in [2.45, 2.75) is 64.5 Å². The fourth-order valence-electron chi connectivity index (χ4n) is 3.11. The van der Waals surface area contributed by atoms with Crippen LogP contribution in [0.25, 0.3) is 0 Å². The second kappa shape index (κ2) is 7.83. The molecule has 0 aromatic rings. The summed E-state index contributed by atoms with van der Waals surface area (Å²) in [6.07, 6.45) is 7.58. The van der Waals surface area contributed by atoms with E-state index in [1.165, 1.54) is 19.3 Å². The van der Waals surface area contributed by atoms with E-state index in [1.54, 1.807) is 0 Å². The molecular weight excluding hydrogens is 214 g/mol. The predicted molar refractivity (Wildman–Crippen MR) is 69.9 cm³/mol. The molecule has 3 heteroatoms. The Hall–Kier alpha value is -0.410. The van der Waals surface area contributed by atoms with Crippen molar-refractivity contribution >= 4 is 6.29 Å². The molecule has 0 spiro atoms. The Morgan fingerprint density at radius 3 is 2.47 bits per heavy atom. The smallest absolute Gasteiger partial charge is 0.133 e. The average molecular weight is 241 g/mol. The van der Waals surface area contributed by atoms with Crippen LogP contribution in [-0.2, 0) is 4.79 Å². The van der Waals surface area contributed by atoms with E-state index in [-0.39, 0.29) is 6.10 Å². The molecule has 17 heavy (non-hydrogen) atoms. The Labute approximate surface area is 105 Å². The zero-order chi connectivity index (χ0) is 12.7. The Morgan fingerprint density at radius 1 is 1.18 bits per heavy atom. The minimum Gasteiger partial charge on any atom is -0.393 e. The summed E-state index contributed by atoms with van der Waals surface area (Å²) >= 11 is 0. The van der Waals surface area contributed by atoms with E-state index in [9.17, 15) is 9.90 Å². The molecule has 2 aliphatic rings. The molecule has 2 aliphatic carbocycles. The maximum Gasteiger partial charge on any atom is 0.133 e. The van der Waals surface area contributed by atoms with Crippen LogP contribution in [0.4, 0.5) is 0 Å². The summed E-state index contributed by atoms with van der Waals surface area (Å²) in [5, 5.41) is 12.8. The van der Waals surface area contributed by atoms with E-state index in [0.717, 1.165) is 31.5 Å². The molecule has 2 rings (SSSR count).